The Morgan fingerprint density at radius 2 is 1.52 bits per heavy atom. The second kappa shape index (κ2) is 9.27. The van der Waals surface area contributed by atoms with E-state index in [9.17, 15) is 9.59 Å². The first-order valence-electron chi connectivity index (χ1n) is 9.03. The summed E-state index contributed by atoms with van der Waals surface area (Å²) in [6.07, 6.45) is 2.81. The van der Waals surface area contributed by atoms with Crippen LogP contribution in [0.4, 0.5) is 17.1 Å². The summed E-state index contributed by atoms with van der Waals surface area (Å²) in [7, 11) is 0. The van der Waals surface area contributed by atoms with Crippen LogP contribution in [0.15, 0.2) is 83.1 Å². The number of anilines is 3. The Hall–Kier alpha value is -4.00. The Balaban J connectivity index is 1.50. The predicted octanol–water partition coefficient (Wildman–Crippen LogP) is 4.11. The Morgan fingerprint density at radius 1 is 0.862 bits per heavy atom. The quantitative estimate of drug-likeness (QED) is 0.360. The highest BCUT2D eigenvalue weighted by Gasteiger charge is 2.10. The van der Waals surface area contributed by atoms with Crippen molar-refractivity contribution in [2.24, 2.45) is 0 Å². The number of aryl methyl sites for hydroxylation is 1. The Morgan fingerprint density at radius 3 is 2.17 bits per heavy atom. The van der Waals surface area contributed by atoms with Gasteiger partial charge in [0, 0.05) is 28.8 Å². The van der Waals surface area contributed by atoms with Crippen molar-refractivity contribution in [3.05, 3.63) is 90.0 Å². The maximum Gasteiger partial charge on any atom is 0.273 e. The highest BCUT2D eigenvalue weighted by atomic mass is 16.3. The van der Waals surface area contributed by atoms with Gasteiger partial charge in [0.1, 0.15) is 5.76 Å². The van der Waals surface area contributed by atoms with Crippen molar-refractivity contribution in [3.8, 4) is 0 Å². The molecule has 2 amide bonds. The van der Waals surface area contributed by atoms with Crippen LogP contribution in [0.3, 0.4) is 0 Å². The van der Waals surface area contributed by atoms with Crippen molar-refractivity contribution in [1.29, 1.82) is 0 Å². The van der Waals surface area contributed by atoms with Crippen LogP contribution < -0.4 is 21.5 Å². The number of nitrogens with one attached hydrogen (secondary N) is 4. The smallest absolute Gasteiger partial charge is 0.273 e. The lowest BCUT2D eigenvalue weighted by molar-refractivity contribution is -0.112. The monoisotopic (exact) mass is 390 g/mol. The van der Waals surface area contributed by atoms with E-state index >= 15 is 0 Å². The number of rotatable bonds is 7. The summed E-state index contributed by atoms with van der Waals surface area (Å²) in [5.74, 6) is -0.132. The highest BCUT2D eigenvalue weighted by molar-refractivity contribution is 6.00. The van der Waals surface area contributed by atoms with E-state index in [4.69, 9.17) is 4.42 Å². The van der Waals surface area contributed by atoms with Crippen LogP contribution in [0.2, 0.25) is 0 Å². The van der Waals surface area contributed by atoms with Gasteiger partial charge in [-0.25, -0.2) is 0 Å². The molecule has 1 heterocycles. The molecule has 3 aromatic rings. The van der Waals surface area contributed by atoms with E-state index in [-0.39, 0.29) is 11.8 Å². The fourth-order valence-corrected chi connectivity index (χ4v) is 2.58. The number of carbonyl (C=O) groups is 2. The minimum absolute atomic E-state index is 0.312. The van der Waals surface area contributed by atoms with Crippen molar-refractivity contribution in [1.82, 2.24) is 10.9 Å². The molecule has 2 aromatic carbocycles. The van der Waals surface area contributed by atoms with Crippen LogP contribution >= 0.6 is 0 Å². The fourth-order valence-electron chi connectivity index (χ4n) is 2.58. The average Bonchev–Trinajstić information content (AvgIpc) is 3.14. The van der Waals surface area contributed by atoms with E-state index in [1.165, 1.54) is 12.3 Å². The number of amides is 2. The minimum Gasteiger partial charge on any atom is -0.469 e. The zero-order valence-corrected chi connectivity index (χ0v) is 16.2. The largest absolute Gasteiger partial charge is 0.469 e. The van der Waals surface area contributed by atoms with Gasteiger partial charge in [-0.1, -0.05) is 18.2 Å². The van der Waals surface area contributed by atoms with Crippen molar-refractivity contribution in [2.45, 2.75) is 13.8 Å². The summed E-state index contributed by atoms with van der Waals surface area (Å²) in [5, 5.41) is 6.06. The van der Waals surface area contributed by atoms with Gasteiger partial charge in [-0.3, -0.25) is 15.0 Å². The number of para-hydroxylation sites is 1. The molecule has 0 fully saturated rings. The van der Waals surface area contributed by atoms with Crippen molar-refractivity contribution >= 4 is 28.9 Å². The number of allylic oxidation sites excluding steroid dienone is 1. The van der Waals surface area contributed by atoms with Gasteiger partial charge in [0.25, 0.3) is 5.91 Å². The first-order valence-corrected chi connectivity index (χ1v) is 9.03. The normalized spacial score (nSPS) is 10.9. The summed E-state index contributed by atoms with van der Waals surface area (Å²) in [6, 6.07) is 18.8. The van der Waals surface area contributed by atoms with Gasteiger partial charge < -0.3 is 20.5 Å². The number of furan rings is 1. The van der Waals surface area contributed by atoms with Gasteiger partial charge in [0.2, 0.25) is 5.91 Å². The maximum atomic E-state index is 12.2. The third kappa shape index (κ3) is 5.74. The van der Waals surface area contributed by atoms with Crippen LogP contribution in [-0.4, -0.2) is 11.8 Å². The molecule has 0 atom stereocenters. The van der Waals surface area contributed by atoms with Gasteiger partial charge in [-0.15, -0.1) is 0 Å². The number of benzene rings is 2. The SMILES string of the molecule is C/C(=C\C(=O)Nc1ccc(Nc2ccccc2)cc1)NNC(=O)c1ccoc1C. The number of hydrogen-bond acceptors (Lipinski definition) is 5. The molecule has 0 bridgehead atoms. The highest BCUT2D eigenvalue weighted by Crippen LogP contribution is 2.18. The standard InChI is InChI=1S/C22H22N4O3/c1-15(25-26-22(28)20-12-13-29-16(20)2)14-21(27)24-19-10-8-18(9-11-19)23-17-6-4-3-5-7-17/h3-14,23,25H,1-2H3,(H,24,27)(H,26,28)/b15-14+. The summed E-state index contributed by atoms with van der Waals surface area (Å²) >= 11 is 0. The molecule has 148 valence electrons. The Labute approximate surface area is 168 Å². The second-order valence-electron chi connectivity index (χ2n) is 6.35. The van der Waals surface area contributed by atoms with E-state index < -0.39 is 0 Å². The molecule has 0 saturated heterocycles. The van der Waals surface area contributed by atoms with Crippen LogP contribution in [-0.2, 0) is 4.79 Å². The first kappa shape index (κ1) is 19.8. The first-order chi connectivity index (χ1) is 14.0. The van der Waals surface area contributed by atoms with Gasteiger partial charge >= 0.3 is 0 Å². The van der Waals surface area contributed by atoms with Crippen LogP contribution in [0.1, 0.15) is 23.0 Å². The van der Waals surface area contributed by atoms with Crippen LogP contribution in [0, 0.1) is 6.92 Å². The minimum atomic E-state index is -0.342. The molecule has 7 heteroatoms. The second-order valence-corrected chi connectivity index (χ2v) is 6.35. The number of hydrogen-bond donors (Lipinski definition) is 4. The maximum absolute atomic E-state index is 12.2. The van der Waals surface area contributed by atoms with Gasteiger partial charge in [0.15, 0.2) is 0 Å². The topological polar surface area (TPSA) is 95.4 Å². The van der Waals surface area contributed by atoms with E-state index in [2.05, 4.69) is 21.5 Å². The van der Waals surface area contributed by atoms with Gasteiger partial charge in [-0.2, -0.15) is 0 Å². The van der Waals surface area contributed by atoms with Crippen molar-refractivity contribution < 1.29 is 14.0 Å². The van der Waals surface area contributed by atoms with E-state index in [0.29, 0.717) is 22.7 Å². The van der Waals surface area contributed by atoms with Crippen LogP contribution in [0.25, 0.3) is 0 Å². The third-order valence-corrected chi connectivity index (χ3v) is 4.04. The molecule has 0 aliphatic rings. The number of carbonyl (C=O) groups excluding carboxylic acids is 2. The van der Waals surface area contributed by atoms with Crippen molar-refractivity contribution in [3.63, 3.8) is 0 Å². The molecule has 0 radical (unpaired) electrons. The molecule has 0 aliphatic heterocycles. The summed E-state index contributed by atoms with van der Waals surface area (Å²) in [4.78, 5) is 24.2. The molecular weight excluding hydrogens is 368 g/mol. The zero-order chi connectivity index (χ0) is 20.6. The lowest BCUT2D eigenvalue weighted by Crippen LogP contribution is -2.36. The molecule has 0 spiro atoms. The molecule has 4 N–H and O–H groups in total. The van der Waals surface area contributed by atoms with Gasteiger partial charge in [0.05, 0.1) is 11.8 Å². The molecule has 0 aliphatic carbocycles. The molecule has 0 saturated carbocycles. The lowest BCUT2D eigenvalue weighted by Gasteiger charge is -2.09. The molecule has 3 rings (SSSR count). The summed E-state index contributed by atoms with van der Waals surface area (Å²) in [6.45, 7) is 3.38. The summed E-state index contributed by atoms with van der Waals surface area (Å²) < 4.78 is 5.09. The predicted molar refractivity (Wildman–Crippen MR) is 113 cm³/mol. The molecule has 0 unspecified atom stereocenters. The summed E-state index contributed by atoms with van der Waals surface area (Å²) in [5.41, 5.74) is 8.70. The lowest BCUT2D eigenvalue weighted by atomic mass is 10.2. The Kier molecular flexibility index (Phi) is 6.32. The van der Waals surface area contributed by atoms with Crippen LogP contribution in [0.5, 0.6) is 0 Å². The van der Waals surface area contributed by atoms with E-state index in [1.54, 1.807) is 19.9 Å². The molecule has 29 heavy (non-hydrogen) atoms. The fraction of sp³-hybridized carbons (Fsp3) is 0.0909. The van der Waals surface area contributed by atoms with E-state index in [1.807, 2.05) is 54.6 Å². The molecule has 7 nitrogen and oxygen atoms in total. The number of hydrazine groups is 1. The third-order valence-electron chi connectivity index (χ3n) is 4.04. The average molecular weight is 390 g/mol. The Bertz CT molecular complexity index is 1010. The van der Waals surface area contributed by atoms with E-state index in [0.717, 1.165) is 11.4 Å². The zero-order valence-electron chi connectivity index (χ0n) is 16.2. The van der Waals surface area contributed by atoms with Crippen molar-refractivity contribution in [2.75, 3.05) is 10.6 Å². The molecule has 1 aromatic heterocycles. The van der Waals surface area contributed by atoms with Gasteiger partial charge in [-0.05, 0) is 56.3 Å². The molecular formula is C22H22N4O3.